The summed E-state index contributed by atoms with van der Waals surface area (Å²) in [5.74, 6) is 0.608. The van der Waals surface area contributed by atoms with Gasteiger partial charge in [0.1, 0.15) is 0 Å². The van der Waals surface area contributed by atoms with Crippen molar-refractivity contribution in [3.63, 3.8) is 0 Å². The van der Waals surface area contributed by atoms with Crippen molar-refractivity contribution in [2.75, 3.05) is 11.6 Å². The molecule has 114 valence electrons. The van der Waals surface area contributed by atoms with E-state index in [-0.39, 0.29) is 5.75 Å². The smallest absolute Gasteiger partial charge is 0.211 e. The number of aromatic amines is 1. The minimum Gasteiger partial charge on any atom is -0.278 e. The van der Waals surface area contributed by atoms with Gasteiger partial charge in [-0.25, -0.2) is 13.1 Å². The lowest BCUT2D eigenvalue weighted by molar-refractivity contribution is 0.578. The van der Waals surface area contributed by atoms with Crippen LogP contribution >= 0.6 is 11.6 Å². The average Bonchev–Trinajstić information content (AvgIpc) is 3.00. The van der Waals surface area contributed by atoms with E-state index < -0.39 is 10.0 Å². The van der Waals surface area contributed by atoms with E-state index in [1.165, 1.54) is 0 Å². The van der Waals surface area contributed by atoms with Crippen LogP contribution in [0.4, 0.5) is 0 Å². The summed E-state index contributed by atoms with van der Waals surface area (Å²) < 4.78 is 26.1. The molecule has 5 nitrogen and oxygen atoms in total. The monoisotopic (exact) mass is 327 g/mol. The molecule has 2 rings (SSSR count). The van der Waals surface area contributed by atoms with E-state index >= 15 is 0 Å². The van der Waals surface area contributed by atoms with Gasteiger partial charge in [0.15, 0.2) is 0 Å². The second kappa shape index (κ2) is 7.59. The normalized spacial score (nSPS) is 11.7. The maximum atomic E-state index is 11.8. The molecule has 0 aliphatic rings. The molecule has 0 bridgehead atoms. The molecule has 0 saturated heterocycles. The minimum absolute atomic E-state index is 0.117. The zero-order valence-corrected chi connectivity index (χ0v) is 13.1. The summed E-state index contributed by atoms with van der Waals surface area (Å²) in [6.45, 7) is 0.298. The van der Waals surface area contributed by atoms with E-state index in [2.05, 4.69) is 14.9 Å². The summed E-state index contributed by atoms with van der Waals surface area (Å²) in [4.78, 5) is 0. The first-order chi connectivity index (χ1) is 10.1. The maximum Gasteiger partial charge on any atom is 0.211 e. The molecule has 0 aliphatic carbocycles. The first kappa shape index (κ1) is 16.0. The highest BCUT2D eigenvalue weighted by Gasteiger charge is 2.09. The van der Waals surface area contributed by atoms with Gasteiger partial charge in [-0.3, -0.25) is 5.10 Å². The Labute approximate surface area is 129 Å². The summed E-state index contributed by atoms with van der Waals surface area (Å²) in [5, 5.41) is 6.78. The van der Waals surface area contributed by atoms with Crippen molar-refractivity contribution in [1.29, 1.82) is 0 Å². The summed E-state index contributed by atoms with van der Waals surface area (Å²) in [7, 11) is -3.23. The number of nitrogens with zero attached hydrogens (tertiary/aromatic N) is 1. The van der Waals surface area contributed by atoms with Gasteiger partial charge in [-0.1, -0.05) is 24.3 Å². The Morgan fingerprint density at radius 1 is 1.14 bits per heavy atom. The number of aromatic nitrogens is 2. The number of unbranched alkanes of at least 4 members (excludes halogenated alkanes) is 1. The van der Waals surface area contributed by atoms with Crippen molar-refractivity contribution >= 4 is 21.6 Å². The number of halogens is 1. The number of sulfonamides is 1. The van der Waals surface area contributed by atoms with Crippen LogP contribution in [-0.4, -0.2) is 30.2 Å². The molecule has 2 aromatic rings. The maximum absolute atomic E-state index is 11.8. The number of benzene rings is 1. The summed E-state index contributed by atoms with van der Waals surface area (Å²) >= 11 is 5.54. The van der Waals surface area contributed by atoms with Crippen LogP contribution < -0.4 is 4.72 Å². The molecule has 0 radical (unpaired) electrons. The van der Waals surface area contributed by atoms with Crippen LogP contribution in [0.5, 0.6) is 0 Å². The minimum atomic E-state index is -3.23. The topological polar surface area (TPSA) is 74.8 Å². The quantitative estimate of drug-likeness (QED) is 0.578. The number of nitrogens with one attached hydrogen (secondary N) is 2. The highest BCUT2D eigenvalue weighted by atomic mass is 35.5. The molecular weight excluding hydrogens is 310 g/mol. The lowest BCUT2D eigenvalue weighted by Gasteiger charge is -2.07. The molecule has 0 amide bonds. The molecule has 0 unspecified atom stereocenters. The molecule has 0 saturated carbocycles. The number of hydrogen-bond acceptors (Lipinski definition) is 3. The zero-order chi connectivity index (χ0) is 15.1. The van der Waals surface area contributed by atoms with Crippen molar-refractivity contribution < 1.29 is 8.42 Å². The van der Waals surface area contributed by atoms with E-state index in [0.29, 0.717) is 25.3 Å². The predicted molar refractivity (Wildman–Crippen MR) is 84.6 cm³/mol. The van der Waals surface area contributed by atoms with Gasteiger partial charge in [0, 0.05) is 18.6 Å². The summed E-state index contributed by atoms with van der Waals surface area (Å²) in [5.41, 5.74) is 2.86. The molecule has 21 heavy (non-hydrogen) atoms. The van der Waals surface area contributed by atoms with E-state index in [1.54, 1.807) is 6.20 Å². The Balaban J connectivity index is 1.89. The lowest BCUT2D eigenvalue weighted by atomic mass is 10.1. The van der Waals surface area contributed by atoms with Crippen molar-refractivity contribution in [3.05, 3.63) is 42.1 Å². The van der Waals surface area contributed by atoms with Gasteiger partial charge in [-0.05, 0) is 30.0 Å². The van der Waals surface area contributed by atoms with Crippen molar-refractivity contribution in [2.24, 2.45) is 0 Å². The second-order valence-corrected chi connectivity index (χ2v) is 7.01. The fourth-order valence-corrected chi connectivity index (χ4v) is 3.17. The third-order valence-electron chi connectivity index (χ3n) is 3.06. The van der Waals surface area contributed by atoms with Crippen LogP contribution in [-0.2, 0) is 16.6 Å². The van der Waals surface area contributed by atoms with Crippen LogP contribution in [0.15, 0.2) is 36.5 Å². The van der Waals surface area contributed by atoms with Crippen LogP contribution in [0.25, 0.3) is 11.3 Å². The average molecular weight is 328 g/mol. The number of alkyl halides is 1. The standard InChI is InChI=1S/C14H18ClN3O2S/c15-8-1-2-10-21(19,20)17-11-12-3-5-13(6-4-12)14-7-9-16-18-14/h3-7,9,17H,1-2,8,10-11H2,(H,16,18). The van der Waals surface area contributed by atoms with Gasteiger partial charge >= 0.3 is 0 Å². The lowest BCUT2D eigenvalue weighted by Crippen LogP contribution is -2.25. The molecule has 1 aromatic heterocycles. The van der Waals surface area contributed by atoms with Gasteiger partial charge in [-0.2, -0.15) is 5.10 Å². The largest absolute Gasteiger partial charge is 0.278 e. The van der Waals surface area contributed by atoms with E-state index in [1.807, 2.05) is 30.3 Å². The van der Waals surface area contributed by atoms with Crippen LogP contribution in [0.1, 0.15) is 18.4 Å². The first-order valence-electron chi connectivity index (χ1n) is 6.73. The highest BCUT2D eigenvalue weighted by molar-refractivity contribution is 7.89. The SMILES string of the molecule is O=S(=O)(CCCCCl)NCc1ccc(-c2ccn[nH]2)cc1. The van der Waals surface area contributed by atoms with Gasteiger partial charge in [0.25, 0.3) is 0 Å². The van der Waals surface area contributed by atoms with Gasteiger partial charge in [0.2, 0.25) is 10.0 Å². The zero-order valence-electron chi connectivity index (χ0n) is 11.5. The van der Waals surface area contributed by atoms with Gasteiger partial charge in [0.05, 0.1) is 11.4 Å². The molecule has 7 heteroatoms. The van der Waals surface area contributed by atoms with E-state index in [4.69, 9.17) is 11.6 Å². The molecular formula is C14H18ClN3O2S. The third-order valence-corrected chi connectivity index (χ3v) is 4.74. The Kier molecular flexibility index (Phi) is 5.78. The molecule has 0 aliphatic heterocycles. The predicted octanol–water partition coefficient (Wildman–Crippen LogP) is 2.52. The summed E-state index contributed by atoms with van der Waals surface area (Å²) in [6.07, 6.45) is 2.98. The fourth-order valence-electron chi connectivity index (χ4n) is 1.87. The first-order valence-corrected chi connectivity index (χ1v) is 8.91. The van der Waals surface area contributed by atoms with E-state index in [0.717, 1.165) is 16.8 Å². The molecule has 0 fully saturated rings. The number of hydrogen-bond donors (Lipinski definition) is 2. The van der Waals surface area contributed by atoms with E-state index in [9.17, 15) is 8.42 Å². The van der Waals surface area contributed by atoms with Crippen LogP contribution in [0, 0.1) is 0 Å². The number of rotatable bonds is 8. The van der Waals surface area contributed by atoms with Crippen molar-refractivity contribution in [2.45, 2.75) is 19.4 Å². The van der Waals surface area contributed by atoms with Crippen molar-refractivity contribution in [3.8, 4) is 11.3 Å². The fraction of sp³-hybridized carbons (Fsp3) is 0.357. The molecule has 1 aromatic carbocycles. The molecule has 0 atom stereocenters. The molecule has 0 spiro atoms. The Morgan fingerprint density at radius 2 is 1.90 bits per heavy atom. The number of H-pyrrole nitrogens is 1. The second-order valence-electron chi connectivity index (χ2n) is 4.70. The van der Waals surface area contributed by atoms with Crippen molar-refractivity contribution in [1.82, 2.24) is 14.9 Å². The Hall–Kier alpha value is -1.37. The van der Waals surface area contributed by atoms with Gasteiger partial charge in [-0.15, -0.1) is 11.6 Å². The Morgan fingerprint density at radius 3 is 2.52 bits per heavy atom. The highest BCUT2D eigenvalue weighted by Crippen LogP contribution is 2.16. The molecule has 2 N–H and O–H groups in total. The summed E-state index contributed by atoms with van der Waals surface area (Å²) in [6, 6.07) is 9.55. The van der Waals surface area contributed by atoms with Crippen LogP contribution in [0.3, 0.4) is 0 Å². The Bertz CT molecular complexity index is 639. The molecule has 1 heterocycles. The third kappa shape index (κ3) is 5.15. The van der Waals surface area contributed by atoms with Crippen LogP contribution in [0.2, 0.25) is 0 Å². The van der Waals surface area contributed by atoms with Gasteiger partial charge < -0.3 is 0 Å².